The van der Waals surface area contributed by atoms with Crippen LogP contribution in [0.25, 0.3) is 0 Å². The number of ether oxygens (including phenoxy) is 2. The molecule has 2 saturated heterocycles. The Morgan fingerprint density at radius 2 is 1.18 bits per heavy atom. The standard InChI is InChI=1S/2C23H20FN5O2/c1-2-21(30)15-4-3-5-18(10-15)27-23-26-12-16(11-25)22(28-23)29-13-20(14-29)31-19-8-6-17(24)7-9-19;1-2-21(30)15-4-3-5-18(10-15)27-22-16(11-25)12-26-23(28-22)29-13-20(14-29)31-19-8-6-17(24)7-9-19/h2*3-10,12,20H,2,13-14H2,1H3,(H,26,27,28). The smallest absolute Gasteiger partial charge is 0.229 e. The molecule has 2 aliphatic heterocycles. The molecule has 0 spiro atoms. The van der Waals surface area contributed by atoms with E-state index in [0.29, 0.717) is 108 Å². The minimum Gasteiger partial charge on any atom is -0.487 e. The van der Waals surface area contributed by atoms with E-state index in [0.717, 1.165) is 0 Å². The number of benzene rings is 4. The Labute approximate surface area is 356 Å². The fourth-order valence-electron chi connectivity index (χ4n) is 6.44. The lowest BCUT2D eigenvalue weighted by molar-refractivity contribution is 0.0980. The SMILES string of the molecule is CCC(=O)c1cccc(Nc2nc(N3CC(Oc4ccc(F)cc4)C3)ncc2C#N)c1.CCC(=O)c1cccc(Nc2ncc(C#N)c(N3CC(Oc4ccc(F)cc4)C3)n2)c1. The molecule has 0 unspecified atom stereocenters. The van der Waals surface area contributed by atoms with E-state index in [4.69, 9.17) is 9.47 Å². The molecule has 2 N–H and O–H groups in total. The predicted octanol–water partition coefficient (Wildman–Crippen LogP) is 8.18. The number of hydrogen-bond donors (Lipinski definition) is 2. The number of nitrogens with zero attached hydrogens (tertiary/aromatic N) is 8. The largest absolute Gasteiger partial charge is 0.487 e. The quantitative estimate of drug-likeness (QED) is 0.100. The van der Waals surface area contributed by atoms with Crippen LogP contribution in [-0.2, 0) is 0 Å². The summed E-state index contributed by atoms with van der Waals surface area (Å²) in [7, 11) is 0. The molecule has 2 aromatic heterocycles. The van der Waals surface area contributed by atoms with E-state index in [1.807, 2.05) is 35.8 Å². The van der Waals surface area contributed by atoms with Crippen LogP contribution in [0.3, 0.4) is 0 Å². The summed E-state index contributed by atoms with van der Waals surface area (Å²) < 4.78 is 37.7. The van der Waals surface area contributed by atoms with Gasteiger partial charge in [0.25, 0.3) is 0 Å². The van der Waals surface area contributed by atoms with Gasteiger partial charge in [-0.05, 0) is 72.8 Å². The summed E-state index contributed by atoms with van der Waals surface area (Å²) in [6.07, 6.45) is 3.65. The number of halogens is 2. The molecular formula is C46H40F2N10O4. The van der Waals surface area contributed by atoms with Gasteiger partial charge in [0, 0.05) is 35.3 Å². The molecule has 312 valence electrons. The minimum absolute atomic E-state index is 0.0420. The predicted molar refractivity (Wildman–Crippen MR) is 228 cm³/mol. The zero-order valence-corrected chi connectivity index (χ0v) is 33.8. The van der Waals surface area contributed by atoms with E-state index < -0.39 is 0 Å². The third kappa shape index (κ3) is 10.4. The van der Waals surface area contributed by atoms with Gasteiger partial charge in [0.2, 0.25) is 11.9 Å². The minimum atomic E-state index is -0.313. The normalized spacial score (nSPS) is 13.3. The number of rotatable bonds is 14. The summed E-state index contributed by atoms with van der Waals surface area (Å²) in [4.78, 5) is 45.3. The molecule has 0 amide bonds. The van der Waals surface area contributed by atoms with Gasteiger partial charge in [-0.3, -0.25) is 9.59 Å². The van der Waals surface area contributed by atoms with Crippen LogP contribution >= 0.6 is 0 Å². The molecule has 0 bridgehead atoms. The molecule has 16 heteroatoms. The Morgan fingerprint density at radius 1 is 0.677 bits per heavy atom. The topological polar surface area (TPSA) is 182 Å². The van der Waals surface area contributed by atoms with E-state index in [9.17, 15) is 28.9 Å². The first-order valence-electron chi connectivity index (χ1n) is 19.8. The van der Waals surface area contributed by atoms with Crippen molar-refractivity contribution in [2.75, 3.05) is 46.6 Å². The van der Waals surface area contributed by atoms with Crippen LogP contribution in [0.5, 0.6) is 11.5 Å². The van der Waals surface area contributed by atoms with Gasteiger partial charge in [0.15, 0.2) is 23.2 Å². The molecule has 6 aromatic rings. The van der Waals surface area contributed by atoms with Crippen LogP contribution < -0.4 is 29.9 Å². The second kappa shape index (κ2) is 19.4. The summed E-state index contributed by atoms with van der Waals surface area (Å²) in [6, 6.07) is 30.2. The van der Waals surface area contributed by atoms with Crippen molar-refractivity contribution in [3.63, 3.8) is 0 Å². The third-order valence-corrected chi connectivity index (χ3v) is 9.83. The van der Waals surface area contributed by atoms with Crippen LogP contribution in [0.1, 0.15) is 58.5 Å². The van der Waals surface area contributed by atoms with Gasteiger partial charge >= 0.3 is 0 Å². The van der Waals surface area contributed by atoms with E-state index in [1.54, 1.807) is 60.7 Å². The lowest BCUT2D eigenvalue weighted by Gasteiger charge is -2.40. The van der Waals surface area contributed by atoms with E-state index in [2.05, 4.69) is 42.7 Å². The van der Waals surface area contributed by atoms with Gasteiger partial charge < -0.3 is 29.9 Å². The summed E-state index contributed by atoms with van der Waals surface area (Å²) >= 11 is 0. The second-order valence-corrected chi connectivity index (χ2v) is 14.2. The summed E-state index contributed by atoms with van der Waals surface area (Å²) in [6.45, 7) is 5.87. The Bertz CT molecular complexity index is 2640. The third-order valence-electron chi connectivity index (χ3n) is 9.83. The number of anilines is 6. The van der Waals surface area contributed by atoms with Crippen LogP contribution in [0.4, 0.5) is 43.7 Å². The molecule has 2 aliphatic rings. The van der Waals surface area contributed by atoms with E-state index in [-0.39, 0.29) is 35.4 Å². The Hall–Kier alpha value is -7.98. The van der Waals surface area contributed by atoms with Gasteiger partial charge in [-0.25, -0.2) is 18.7 Å². The highest BCUT2D eigenvalue weighted by molar-refractivity contribution is 5.97. The maximum Gasteiger partial charge on any atom is 0.229 e. The number of carbonyl (C=O) groups excluding carboxylic acids is 2. The molecule has 14 nitrogen and oxygen atoms in total. The second-order valence-electron chi connectivity index (χ2n) is 14.2. The molecule has 0 atom stereocenters. The van der Waals surface area contributed by atoms with Crippen molar-refractivity contribution in [1.29, 1.82) is 10.5 Å². The van der Waals surface area contributed by atoms with Crippen molar-refractivity contribution in [1.82, 2.24) is 19.9 Å². The first-order chi connectivity index (χ1) is 30.1. The first-order valence-corrected chi connectivity index (χ1v) is 19.8. The average molecular weight is 835 g/mol. The molecule has 4 aromatic carbocycles. The van der Waals surface area contributed by atoms with Crippen molar-refractivity contribution in [2.24, 2.45) is 0 Å². The van der Waals surface area contributed by atoms with Gasteiger partial charge in [-0.1, -0.05) is 38.1 Å². The number of nitriles is 2. The molecular weight excluding hydrogens is 795 g/mol. The van der Waals surface area contributed by atoms with Gasteiger partial charge in [-0.2, -0.15) is 20.5 Å². The molecule has 2 fully saturated rings. The van der Waals surface area contributed by atoms with Gasteiger partial charge in [0.05, 0.1) is 38.6 Å². The number of aromatic nitrogens is 4. The van der Waals surface area contributed by atoms with Crippen molar-refractivity contribution in [3.8, 4) is 23.6 Å². The number of Topliss-reactive ketones (excluding diaryl/α,β-unsaturated/α-hetero) is 2. The number of nitrogens with one attached hydrogen (secondary N) is 2. The van der Waals surface area contributed by atoms with Crippen LogP contribution in [0.2, 0.25) is 0 Å². The number of ketones is 2. The van der Waals surface area contributed by atoms with Crippen LogP contribution in [0.15, 0.2) is 109 Å². The van der Waals surface area contributed by atoms with Crippen molar-refractivity contribution in [3.05, 3.63) is 143 Å². The molecule has 62 heavy (non-hydrogen) atoms. The highest BCUT2D eigenvalue weighted by Gasteiger charge is 2.32. The number of hydrogen-bond acceptors (Lipinski definition) is 14. The Morgan fingerprint density at radius 3 is 1.69 bits per heavy atom. The zero-order chi connectivity index (χ0) is 43.6. The summed E-state index contributed by atoms with van der Waals surface area (Å²) in [5.41, 5.74) is 3.24. The van der Waals surface area contributed by atoms with Gasteiger partial charge in [0.1, 0.15) is 58.6 Å². The Balaban J connectivity index is 0.000000186. The highest BCUT2D eigenvalue weighted by Crippen LogP contribution is 2.29. The zero-order valence-electron chi connectivity index (χ0n) is 33.8. The fourth-order valence-corrected chi connectivity index (χ4v) is 6.44. The molecule has 0 radical (unpaired) electrons. The van der Waals surface area contributed by atoms with Crippen molar-refractivity contribution < 1.29 is 27.8 Å². The molecule has 8 rings (SSSR count). The van der Waals surface area contributed by atoms with Crippen LogP contribution in [-0.4, -0.2) is 69.9 Å². The fraction of sp³-hybridized carbons (Fsp3) is 0.217. The highest BCUT2D eigenvalue weighted by atomic mass is 19.1. The summed E-state index contributed by atoms with van der Waals surface area (Å²) in [5.74, 6) is 2.37. The number of carbonyl (C=O) groups is 2. The van der Waals surface area contributed by atoms with Gasteiger partial charge in [-0.15, -0.1) is 0 Å². The summed E-state index contributed by atoms with van der Waals surface area (Å²) in [5, 5.41) is 25.1. The first kappa shape index (κ1) is 42.2. The molecule has 4 heterocycles. The lowest BCUT2D eigenvalue weighted by Crippen LogP contribution is -2.54. The monoisotopic (exact) mass is 834 g/mol. The van der Waals surface area contributed by atoms with Crippen molar-refractivity contribution >= 4 is 46.5 Å². The Kier molecular flexibility index (Phi) is 13.2. The lowest BCUT2D eigenvalue weighted by atomic mass is 10.1. The maximum atomic E-state index is 13.0. The van der Waals surface area contributed by atoms with E-state index >= 15 is 0 Å². The molecule has 0 aliphatic carbocycles. The van der Waals surface area contributed by atoms with E-state index in [1.165, 1.54) is 36.7 Å². The van der Waals surface area contributed by atoms with Crippen molar-refractivity contribution in [2.45, 2.75) is 38.9 Å². The maximum absolute atomic E-state index is 13.0. The van der Waals surface area contributed by atoms with Crippen LogP contribution in [0, 0.1) is 34.3 Å². The average Bonchev–Trinajstić information content (AvgIpc) is 3.27. The molecule has 0 saturated carbocycles.